The highest BCUT2D eigenvalue weighted by molar-refractivity contribution is 7.09. The Kier molecular flexibility index (Phi) is 4.03. The fraction of sp³-hybridized carbons (Fsp3) is 0.438. The lowest BCUT2D eigenvalue weighted by Gasteiger charge is -2.24. The van der Waals surface area contributed by atoms with Gasteiger partial charge >= 0.3 is 0 Å². The van der Waals surface area contributed by atoms with Gasteiger partial charge in [-0.15, -0.1) is 11.3 Å². The zero-order chi connectivity index (χ0) is 13.9. The third-order valence-corrected chi connectivity index (χ3v) is 4.59. The minimum absolute atomic E-state index is 0.448. The van der Waals surface area contributed by atoms with Crippen LogP contribution in [-0.4, -0.2) is 16.1 Å². The lowest BCUT2D eigenvalue weighted by atomic mass is 10.2. The summed E-state index contributed by atoms with van der Waals surface area (Å²) in [5, 5.41) is 11.9. The molecule has 3 nitrogen and oxygen atoms in total. The summed E-state index contributed by atoms with van der Waals surface area (Å²) in [4.78, 5) is 8.24. The Morgan fingerprint density at radius 1 is 1.40 bits per heavy atom. The number of aliphatic hydroxyl groups excluding tert-OH is 1. The molecule has 2 heterocycles. The number of pyridine rings is 1. The van der Waals surface area contributed by atoms with Crippen molar-refractivity contribution in [3.63, 3.8) is 0 Å². The number of hydrogen-bond donors (Lipinski definition) is 1. The summed E-state index contributed by atoms with van der Waals surface area (Å²) in [5.74, 6) is 0. The summed E-state index contributed by atoms with van der Waals surface area (Å²) in [6.07, 6.45) is 4.69. The maximum atomic E-state index is 9.81. The smallest absolute Gasteiger partial charge is 0.0957 e. The van der Waals surface area contributed by atoms with Crippen LogP contribution in [0, 0.1) is 0 Å². The van der Waals surface area contributed by atoms with E-state index in [1.807, 2.05) is 19.2 Å². The van der Waals surface area contributed by atoms with Crippen LogP contribution in [0.1, 0.15) is 42.9 Å². The van der Waals surface area contributed by atoms with Gasteiger partial charge in [-0.2, -0.15) is 0 Å². The van der Waals surface area contributed by atoms with Crippen LogP contribution in [-0.2, 0) is 6.54 Å². The second kappa shape index (κ2) is 5.94. The molecule has 1 saturated carbocycles. The van der Waals surface area contributed by atoms with Crippen molar-refractivity contribution in [2.24, 2.45) is 0 Å². The first-order valence-electron chi connectivity index (χ1n) is 7.21. The summed E-state index contributed by atoms with van der Waals surface area (Å²) in [5.41, 5.74) is 1.93. The highest BCUT2D eigenvalue weighted by atomic mass is 32.1. The van der Waals surface area contributed by atoms with Crippen molar-refractivity contribution in [1.29, 1.82) is 0 Å². The van der Waals surface area contributed by atoms with E-state index in [4.69, 9.17) is 0 Å². The molecule has 1 aliphatic rings. The van der Waals surface area contributed by atoms with E-state index in [0.717, 1.165) is 17.9 Å². The average molecular weight is 288 g/mol. The van der Waals surface area contributed by atoms with Gasteiger partial charge < -0.3 is 10.0 Å². The standard InChI is InChI=1S/C16H20N2OS/c1-2-16(19)15-8-7-13(10-17-15)18(12-5-6-12)11-14-4-3-9-20-14/h3-4,7-10,12,16,19H,2,5-6,11H2,1H3. The van der Waals surface area contributed by atoms with Crippen molar-refractivity contribution in [2.75, 3.05) is 4.90 Å². The van der Waals surface area contributed by atoms with Gasteiger partial charge in [-0.3, -0.25) is 4.98 Å². The van der Waals surface area contributed by atoms with Crippen LogP contribution in [0.3, 0.4) is 0 Å². The minimum atomic E-state index is -0.448. The van der Waals surface area contributed by atoms with E-state index in [1.165, 1.54) is 17.7 Å². The Balaban J connectivity index is 1.77. The molecule has 0 spiro atoms. The predicted octanol–water partition coefficient (Wildman–Crippen LogP) is 3.76. The second-order valence-corrected chi connectivity index (χ2v) is 6.34. The van der Waals surface area contributed by atoms with Crippen LogP contribution in [0.2, 0.25) is 0 Å². The predicted molar refractivity (Wildman–Crippen MR) is 83.0 cm³/mol. The molecule has 106 valence electrons. The van der Waals surface area contributed by atoms with Gasteiger partial charge in [-0.25, -0.2) is 0 Å². The van der Waals surface area contributed by atoms with Gasteiger partial charge in [-0.05, 0) is 42.8 Å². The lowest BCUT2D eigenvalue weighted by Crippen LogP contribution is -2.24. The largest absolute Gasteiger partial charge is 0.387 e. The van der Waals surface area contributed by atoms with E-state index in [-0.39, 0.29) is 0 Å². The summed E-state index contributed by atoms with van der Waals surface area (Å²) in [7, 11) is 0. The molecule has 2 aromatic rings. The molecule has 0 radical (unpaired) electrons. The Bertz CT molecular complexity index is 534. The van der Waals surface area contributed by atoms with Crippen LogP contribution < -0.4 is 4.90 Å². The maximum Gasteiger partial charge on any atom is 0.0957 e. The summed E-state index contributed by atoms with van der Waals surface area (Å²) < 4.78 is 0. The molecule has 2 aromatic heterocycles. The molecule has 0 saturated heterocycles. The van der Waals surface area contributed by atoms with E-state index < -0.39 is 6.10 Å². The third kappa shape index (κ3) is 3.02. The van der Waals surface area contributed by atoms with Gasteiger partial charge in [-0.1, -0.05) is 13.0 Å². The first-order valence-corrected chi connectivity index (χ1v) is 8.09. The van der Waals surface area contributed by atoms with E-state index in [0.29, 0.717) is 12.5 Å². The molecule has 1 fully saturated rings. The zero-order valence-electron chi connectivity index (χ0n) is 11.7. The molecule has 4 heteroatoms. The van der Waals surface area contributed by atoms with Gasteiger partial charge in [0.2, 0.25) is 0 Å². The van der Waals surface area contributed by atoms with E-state index in [9.17, 15) is 5.11 Å². The molecule has 0 aromatic carbocycles. The summed E-state index contributed by atoms with van der Waals surface area (Å²) in [6.45, 7) is 2.92. The lowest BCUT2D eigenvalue weighted by molar-refractivity contribution is 0.169. The molecule has 20 heavy (non-hydrogen) atoms. The number of aromatic nitrogens is 1. The fourth-order valence-corrected chi connectivity index (χ4v) is 3.06. The molecule has 1 aliphatic carbocycles. The Morgan fingerprint density at radius 3 is 2.80 bits per heavy atom. The third-order valence-electron chi connectivity index (χ3n) is 3.72. The van der Waals surface area contributed by atoms with Crippen LogP contribution in [0.4, 0.5) is 5.69 Å². The van der Waals surface area contributed by atoms with Crippen molar-refractivity contribution >= 4 is 17.0 Å². The number of rotatable bonds is 6. The van der Waals surface area contributed by atoms with Gasteiger partial charge in [0.15, 0.2) is 0 Å². The molecule has 1 N–H and O–H groups in total. The SMILES string of the molecule is CCC(O)c1ccc(N(Cc2cccs2)C2CC2)cn1. The number of aliphatic hydroxyl groups is 1. The molecule has 0 amide bonds. The monoisotopic (exact) mass is 288 g/mol. The highest BCUT2D eigenvalue weighted by Gasteiger charge is 2.29. The molecule has 3 rings (SSSR count). The highest BCUT2D eigenvalue weighted by Crippen LogP contribution is 2.33. The summed E-state index contributed by atoms with van der Waals surface area (Å²) >= 11 is 1.80. The molecular formula is C16H20N2OS. The zero-order valence-corrected chi connectivity index (χ0v) is 12.5. The molecule has 0 bridgehead atoms. The van der Waals surface area contributed by atoms with Crippen LogP contribution in [0.5, 0.6) is 0 Å². The van der Waals surface area contributed by atoms with Crippen molar-refractivity contribution in [2.45, 2.75) is 44.9 Å². The fourth-order valence-electron chi connectivity index (χ4n) is 2.36. The average Bonchev–Trinajstić information content (AvgIpc) is 3.21. The van der Waals surface area contributed by atoms with E-state index >= 15 is 0 Å². The van der Waals surface area contributed by atoms with Crippen molar-refractivity contribution in [1.82, 2.24) is 4.98 Å². The van der Waals surface area contributed by atoms with Gasteiger partial charge in [0.25, 0.3) is 0 Å². The molecule has 1 atom stereocenters. The molecule has 0 aliphatic heterocycles. The molecular weight excluding hydrogens is 268 g/mol. The summed E-state index contributed by atoms with van der Waals surface area (Å²) in [6, 6.07) is 8.98. The number of nitrogens with zero attached hydrogens (tertiary/aromatic N) is 2. The molecule has 1 unspecified atom stereocenters. The second-order valence-electron chi connectivity index (χ2n) is 5.30. The number of hydrogen-bond acceptors (Lipinski definition) is 4. The van der Waals surface area contributed by atoms with E-state index in [1.54, 1.807) is 11.3 Å². The quantitative estimate of drug-likeness (QED) is 0.879. The van der Waals surface area contributed by atoms with Crippen LogP contribution in [0.25, 0.3) is 0 Å². The number of anilines is 1. The van der Waals surface area contributed by atoms with Gasteiger partial charge in [0.05, 0.1) is 30.2 Å². The van der Waals surface area contributed by atoms with Crippen LogP contribution in [0.15, 0.2) is 35.8 Å². The normalized spacial score (nSPS) is 16.1. The first-order chi connectivity index (χ1) is 9.78. The van der Waals surface area contributed by atoms with Gasteiger partial charge in [0.1, 0.15) is 0 Å². The maximum absolute atomic E-state index is 9.81. The van der Waals surface area contributed by atoms with Crippen molar-refractivity contribution < 1.29 is 5.11 Å². The Hall–Kier alpha value is -1.39. The van der Waals surface area contributed by atoms with E-state index in [2.05, 4.69) is 33.5 Å². The van der Waals surface area contributed by atoms with Crippen molar-refractivity contribution in [3.05, 3.63) is 46.4 Å². The van der Waals surface area contributed by atoms with Crippen molar-refractivity contribution in [3.8, 4) is 0 Å². The van der Waals surface area contributed by atoms with Crippen LogP contribution >= 0.6 is 11.3 Å². The first kappa shape index (κ1) is 13.6. The van der Waals surface area contributed by atoms with Gasteiger partial charge in [0, 0.05) is 10.9 Å². The topological polar surface area (TPSA) is 36.4 Å². The minimum Gasteiger partial charge on any atom is -0.387 e. The Morgan fingerprint density at radius 2 is 2.25 bits per heavy atom. The Labute approximate surface area is 123 Å². The number of thiophene rings is 1.